The summed E-state index contributed by atoms with van der Waals surface area (Å²) in [5.74, 6) is -3.43. The molecule has 2 atom stereocenters. The van der Waals surface area contributed by atoms with Crippen molar-refractivity contribution in [3.8, 4) is 0 Å². The van der Waals surface area contributed by atoms with E-state index in [4.69, 9.17) is 32.5 Å². The van der Waals surface area contributed by atoms with E-state index in [0.29, 0.717) is 13.0 Å². The van der Waals surface area contributed by atoms with Gasteiger partial charge in [0, 0.05) is 0 Å². The molecule has 0 aromatic heterocycles. The third kappa shape index (κ3) is 14.2. The molecule has 0 fully saturated rings. The maximum atomic E-state index is 10.1. The first-order valence-electron chi connectivity index (χ1n) is 5.61. The van der Waals surface area contributed by atoms with Gasteiger partial charge in [0.1, 0.15) is 12.1 Å². The molecule has 0 amide bonds. The molecule has 0 spiro atoms. The van der Waals surface area contributed by atoms with Gasteiger partial charge < -0.3 is 32.5 Å². The number of carboxylic acid groups (broad SMARTS) is 3. The van der Waals surface area contributed by atoms with Crippen LogP contribution in [0, 0.1) is 0 Å². The lowest BCUT2D eigenvalue weighted by Gasteiger charge is -2.03. The van der Waals surface area contributed by atoms with Crippen molar-refractivity contribution in [3.63, 3.8) is 0 Å². The van der Waals surface area contributed by atoms with E-state index in [1.54, 1.807) is 0 Å². The highest BCUT2D eigenvalue weighted by molar-refractivity contribution is 5.80. The Balaban J connectivity index is 0. The van der Waals surface area contributed by atoms with Crippen molar-refractivity contribution in [2.75, 3.05) is 6.54 Å². The fourth-order valence-corrected chi connectivity index (χ4v) is 0.908. The number of nitrogens with two attached hydrogens (primary N) is 3. The largest absolute Gasteiger partial charge is 0.481 e. The normalized spacial score (nSPS) is 12.8. The lowest BCUT2D eigenvalue weighted by Crippen LogP contribution is -2.32. The van der Waals surface area contributed by atoms with Gasteiger partial charge in [-0.15, -0.1) is 0 Å². The SMILES string of the molecule is NC(CC(=O)O)C(=O)O.NCCCCC(N)C(=O)O. The first-order chi connectivity index (χ1) is 8.72. The van der Waals surface area contributed by atoms with Crippen LogP contribution in [-0.2, 0) is 14.4 Å². The van der Waals surface area contributed by atoms with Crippen molar-refractivity contribution >= 4 is 17.9 Å². The van der Waals surface area contributed by atoms with Gasteiger partial charge in [0.15, 0.2) is 0 Å². The molecule has 9 heteroatoms. The maximum Gasteiger partial charge on any atom is 0.321 e. The van der Waals surface area contributed by atoms with Crippen LogP contribution in [0.1, 0.15) is 25.7 Å². The van der Waals surface area contributed by atoms with E-state index in [1.165, 1.54) is 0 Å². The minimum atomic E-state index is -1.29. The Morgan fingerprint density at radius 2 is 1.37 bits per heavy atom. The summed E-state index contributed by atoms with van der Waals surface area (Å²) in [4.78, 5) is 29.8. The average molecular weight is 279 g/mol. The summed E-state index contributed by atoms with van der Waals surface area (Å²) in [5.41, 5.74) is 15.3. The molecule has 9 nitrogen and oxygen atoms in total. The summed E-state index contributed by atoms with van der Waals surface area (Å²) in [7, 11) is 0. The molecule has 0 radical (unpaired) electrons. The van der Waals surface area contributed by atoms with E-state index >= 15 is 0 Å². The fourth-order valence-electron chi connectivity index (χ4n) is 0.908. The van der Waals surface area contributed by atoms with Crippen molar-refractivity contribution < 1.29 is 29.7 Å². The van der Waals surface area contributed by atoms with Crippen LogP contribution in [0.4, 0.5) is 0 Å². The molecular formula is C10H21N3O6. The number of hydrogen-bond donors (Lipinski definition) is 6. The highest BCUT2D eigenvalue weighted by Gasteiger charge is 2.14. The summed E-state index contributed by atoms with van der Waals surface area (Å²) < 4.78 is 0. The zero-order valence-electron chi connectivity index (χ0n) is 10.5. The minimum absolute atomic E-state index is 0.520. The van der Waals surface area contributed by atoms with Crippen LogP contribution in [-0.4, -0.2) is 51.9 Å². The van der Waals surface area contributed by atoms with Gasteiger partial charge in [-0.2, -0.15) is 0 Å². The molecule has 0 saturated carbocycles. The Kier molecular flexibility index (Phi) is 11.8. The van der Waals surface area contributed by atoms with Crippen molar-refractivity contribution in [1.29, 1.82) is 0 Å². The quantitative estimate of drug-likeness (QED) is 0.284. The van der Waals surface area contributed by atoms with E-state index in [9.17, 15) is 14.4 Å². The minimum Gasteiger partial charge on any atom is -0.481 e. The Morgan fingerprint density at radius 1 is 0.895 bits per heavy atom. The molecular weight excluding hydrogens is 258 g/mol. The molecule has 19 heavy (non-hydrogen) atoms. The summed E-state index contributed by atoms with van der Waals surface area (Å²) in [6.07, 6.45) is 1.63. The topological polar surface area (TPSA) is 190 Å². The summed E-state index contributed by atoms with van der Waals surface area (Å²) >= 11 is 0. The van der Waals surface area contributed by atoms with Crippen LogP contribution in [0.2, 0.25) is 0 Å². The Hall–Kier alpha value is -1.71. The molecule has 9 N–H and O–H groups in total. The number of carboxylic acids is 3. The van der Waals surface area contributed by atoms with Crippen molar-refractivity contribution in [3.05, 3.63) is 0 Å². The van der Waals surface area contributed by atoms with Gasteiger partial charge in [0.05, 0.1) is 6.42 Å². The summed E-state index contributed by atoms with van der Waals surface area (Å²) in [5, 5.41) is 24.4. The van der Waals surface area contributed by atoms with E-state index in [0.717, 1.165) is 12.8 Å². The third-order valence-corrected chi connectivity index (χ3v) is 2.00. The number of rotatable bonds is 8. The Morgan fingerprint density at radius 3 is 1.63 bits per heavy atom. The van der Waals surface area contributed by atoms with Crippen LogP contribution < -0.4 is 17.2 Å². The predicted octanol–water partition coefficient (Wildman–Crippen LogP) is -1.60. The Labute approximate surface area is 110 Å². The lowest BCUT2D eigenvalue weighted by atomic mass is 10.1. The first-order valence-corrected chi connectivity index (χ1v) is 5.61. The summed E-state index contributed by atoms with van der Waals surface area (Å²) in [6, 6.07) is -2.01. The van der Waals surface area contributed by atoms with Crippen molar-refractivity contribution in [2.24, 2.45) is 17.2 Å². The molecule has 0 aromatic carbocycles. The highest BCUT2D eigenvalue weighted by Crippen LogP contribution is 1.96. The van der Waals surface area contributed by atoms with Crippen molar-refractivity contribution in [2.45, 2.75) is 37.8 Å². The van der Waals surface area contributed by atoms with Gasteiger partial charge in [-0.3, -0.25) is 14.4 Å². The van der Waals surface area contributed by atoms with Crippen LogP contribution in [0.3, 0.4) is 0 Å². The number of hydrogen-bond acceptors (Lipinski definition) is 6. The third-order valence-electron chi connectivity index (χ3n) is 2.00. The maximum absolute atomic E-state index is 10.1. The second kappa shape index (κ2) is 11.4. The second-order valence-corrected chi connectivity index (χ2v) is 3.77. The van der Waals surface area contributed by atoms with Gasteiger partial charge in [-0.1, -0.05) is 6.42 Å². The molecule has 2 unspecified atom stereocenters. The molecule has 0 bridgehead atoms. The highest BCUT2D eigenvalue weighted by atomic mass is 16.4. The molecule has 0 aromatic rings. The number of carbonyl (C=O) groups is 3. The Bertz CT molecular complexity index is 297. The zero-order valence-corrected chi connectivity index (χ0v) is 10.5. The number of aliphatic carboxylic acids is 3. The molecule has 0 aliphatic heterocycles. The smallest absolute Gasteiger partial charge is 0.321 e. The lowest BCUT2D eigenvalue weighted by molar-refractivity contribution is -0.144. The van der Waals surface area contributed by atoms with Crippen molar-refractivity contribution in [1.82, 2.24) is 0 Å². The first kappa shape index (κ1) is 19.6. The van der Waals surface area contributed by atoms with Crippen LogP contribution in [0.5, 0.6) is 0 Å². The molecule has 0 heterocycles. The van der Waals surface area contributed by atoms with Gasteiger partial charge in [-0.05, 0) is 19.4 Å². The molecule has 0 saturated heterocycles. The molecule has 0 rings (SSSR count). The van der Waals surface area contributed by atoms with E-state index in [2.05, 4.69) is 0 Å². The van der Waals surface area contributed by atoms with Gasteiger partial charge in [0.25, 0.3) is 0 Å². The van der Waals surface area contributed by atoms with E-state index in [-0.39, 0.29) is 0 Å². The monoisotopic (exact) mass is 279 g/mol. The molecule has 0 aliphatic rings. The van der Waals surface area contributed by atoms with Crippen LogP contribution >= 0.6 is 0 Å². The standard InChI is InChI=1S/C6H14N2O2.C4H7NO4/c7-4-2-1-3-5(8)6(9)10;5-2(4(8)9)1-3(6)7/h5H,1-4,7-8H2,(H,9,10);2H,1,5H2,(H,6,7)(H,8,9). The zero-order chi connectivity index (χ0) is 15.4. The second-order valence-electron chi connectivity index (χ2n) is 3.77. The van der Waals surface area contributed by atoms with Gasteiger partial charge in [0.2, 0.25) is 0 Å². The average Bonchev–Trinajstić information content (AvgIpc) is 2.28. The fraction of sp³-hybridized carbons (Fsp3) is 0.700. The van der Waals surface area contributed by atoms with E-state index < -0.39 is 36.4 Å². The molecule has 0 aliphatic carbocycles. The molecule has 112 valence electrons. The van der Waals surface area contributed by atoms with Crippen LogP contribution in [0.25, 0.3) is 0 Å². The predicted molar refractivity (Wildman–Crippen MR) is 66.4 cm³/mol. The number of unbranched alkanes of at least 4 members (excludes halogenated alkanes) is 1. The van der Waals surface area contributed by atoms with Gasteiger partial charge in [-0.25, -0.2) is 0 Å². The van der Waals surface area contributed by atoms with E-state index in [1.807, 2.05) is 0 Å². The van der Waals surface area contributed by atoms with Gasteiger partial charge >= 0.3 is 17.9 Å². The summed E-state index contributed by atoms with van der Waals surface area (Å²) in [6.45, 7) is 0.604. The van der Waals surface area contributed by atoms with Crippen LogP contribution in [0.15, 0.2) is 0 Å².